The minimum atomic E-state index is -0.626. The van der Waals surface area contributed by atoms with Gasteiger partial charge in [-0.25, -0.2) is 0 Å². The second kappa shape index (κ2) is 6.08. The predicted molar refractivity (Wildman–Crippen MR) is 79.7 cm³/mol. The number of hydroxylamine groups is 2. The first-order valence-corrected chi connectivity index (χ1v) is 7.10. The highest BCUT2D eigenvalue weighted by atomic mass is 16.5. The lowest BCUT2D eigenvalue weighted by Gasteiger charge is -2.31. The number of nitrogens with zero attached hydrogens (tertiary/aromatic N) is 1. The molecule has 0 fully saturated rings. The Bertz CT molecular complexity index is 628. The number of amides is 1. The van der Waals surface area contributed by atoms with Crippen molar-refractivity contribution in [3.05, 3.63) is 71.3 Å². The third-order valence-electron chi connectivity index (χ3n) is 3.82. The van der Waals surface area contributed by atoms with Crippen LogP contribution in [-0.4, -0.2) is 22.7 Å². The van der Waals surface area contributed by atoms with Gasteiger partial charge in [-0.05, 0) is 23.1 Å². The van der Waals surface area contributed by atoms with Crippen molar-refractivity contribution in [3.63, 3.8) is 0 Å². The molecule has 1 unspecified atom stereocenters. The van der Waals surface area contributed by atoms with E-state index in [1.54, 1.807) is 0 Å². The monoisotopic (exact) mass is 282 g/mol. The molecule has 1 aliphatic heterocycles. The van der Waals surface area contributed by atoms with Gasteiger partial charge in [0.05, 0.1) is 0 Å². The zero-order chi connectivity index (χ0) is 14.7. The number of rotatable bonds is 3. The largest absolute Gasteiger partial charge is 0.350 e. The van der Waals surface area contributed by atoms with Gasteiger partial charge in [-0.2, -0.15) is 5.06 Å². The zero-order valence-corrected chi connectivity index (χ0v) is 11.7. The maximum Gasteiger partial charge on any atom is 0.244 e. The predicted octanol–water partition coefficient (Wildman–Crippen LogP) is 2.29. The average Bonchev–Trinajstić information content (AvgIpc) is 2.53. The summed E-state index contributed by atoms with van der Waals surface area (Å²) in [5.74, 6) is -0.173. The van der Waals surface area contributed by atoms with Crippen LogP contribution in [0.3, 0.4) is 0 Å². The van der Waals surface area contributed by atoms with Gasteiger partial charge in [0, 0.05) is 13.1 Å². The van der Waals surface area contributed by atoms with Gasteiger partial charge in [0.2, 0.25) is 5.91 Å². The number of nitrogens with one attached hydrogen (secondary N) is 1. The van der Waals surface area contributed by atoms with E-state index < -0.39 is 6.04 Å². The van der Waals surface area contributed by atoms with Crippen molar-refractivity contribution >= 4 is 5.91 Å². The van der Waals surface area contributed by atoms with Crippen LogP contribution < -0.4 is 5.32 Å². The molecule has 1 aliphatic rings. The van der Waals surface area contributed by atoms with Crippen molar-refractivity contribution in [2.24, 2.45) is 0 Å². The van der Waals surface area contributed by atoms with E-state index >= 15 is 0 Å². The van der Waals surface area contributed by atoms with Gasteiger partial charge < -0.3 is 10.5 Å². The van der Waals surface area contributed by atoms with E-state index in [0.29, 0.717) is 13.1 Å². The topological polar surface area (TPSA) is 52.6 Å². The van der Waals surface area contributed by atoms with Crippen LogP contribution in [0.4, 0.5) is 0 Å². The standard InChI is InChI=1S/C17H18N2O2/c20-17(18-12-13-6-2-1-3-7-13)16-15-9-5-4-8-14(15)10-11-19(16)21/h1-9,16,21H,10-12H2,(H,18,20). The molecule has 0 saturated carbocycles. The van der Waals surface area contributed by atoms with E-state index in [-0.39, 0.29) is 5.91 Å². The van der Waals surface area contributed by atoms with Crippen molar-refractivity contribution < 1.29 is 10.0 Å². The Balaban J connectivity index is 1.75. The smallest absolute Gasteiger partial charge is 0.244 e. The molecule has 3 rings (SSSR count). The fraction of sp³-hybridized carbons (Fsp3) is 0.235. The summed E-state index contributed by atoms with van der Waals surface area (Å²) in [5.41, 5.74) is 3.05. The summed E-state index contributed by atoms with van der Waals surface area (Å²) < 4.78 is 0. The highest BCUT2D eigenvalue weighted by Gasteiger charge is 2.31. The molecular weight excluding hydrogens is 264 g/mol. The highest BCUT2D eigenvalue weighted by Crippen LogP contribution is 2.28. The summed E-state index contributed by atoms with van der Waals surface area (Å²) in [4.78, 5) is 12.4. The molecule has 0 spiro atoms. The zero-order valence-electron chi connectivity index (χ0n) is 11.7. The van der Waals surface area contributed by atoms with E-state index in [1.807, 2.05) is 54.6 Å². The van der Waals surface area contributed by atoms with E-state index in [0.717, 1.165) is 28.2 Å². The number of hydrogen-bond acceptors (Lipinski definition) is 3. The first kappa shape index (κ1) is 13.8. The Morgan fingerprint density at radius 1 is 1.14 bits per heavy atom. The summed E-state index contributed by atoms with van der Waals surface area (Å²) in [6.45, 7) is 0.937. The molecule has 1 heterocycles. The van der Waals surface area contributed by atoms with Gasteiger partial charge in [0.15, 0.2) is 0 Å². The van der Waals surface area contributed by atoms with Crippen molar-refractivity contribution in [3.8, 4) is 0 Å². The van der Waals surface area contributed by atoms with Gasteiger partial charge in [0.1, 0.15) is 6.04 Å². The van der Waals surface area contributed by atoms with Gasteiger partial charge in [-0.3, -0.25) is 4.79 Å². The summed E-state index contributed by atoms with van der Waals surface area (Å²) in [5, 5.41) is 14.1. The van der Waals surface area contributed by atoms with Crippen molar-refractivity contribution in [1.29, 1.82) is 0 Å². The Morgan fingerprint density at radius 2 is 1.86 bits per heavy atom. The third-order valence-corrected chi connectivity index (χ3v) is 3.82. The molecule has 0 saturated heterocycles. The second-order valence-corrected chi connectivity index (χ2v) is 5.22. The molecule has 0 bridgehead atoms. The van der Waals surface area contributed by atoms with Crippen LogP contribution in [0.15, 0.2) is 54.6 Å². The fourth-order valence-electron chi connectivity index (χ4n) is 2.71. The van der Waals surface area contributed by atoms with Crippen LogP contribution in [0.25, 0.3) is 0 Å². The molecule has 1 atom stereocenters. The maximum absolute atomic E-state index is 12.4. The van der Waals surface area contributed by atoms with Gasteiger partial charge in [0.25, 0.3) is 0 Å². The quantitative estimate of drug-likeness (QED) is 0.908. The Labute approximate surface area is 124 Å². The van der Waals surface area contributed by atoms with Gasteiger partial charge in [-0.15, -0.1) is 0 Å². The van der Waals surface area contributed by atoms with Crippen LogP contribution in [-0.2, 0) is 17.8 Å². The molecule has 2 aromatic rings. The molecule has 2 N–H and O–H groups in total. The van der Waals surface area contributed by atoms with E-state index in [4.69, 9.17) is 0 Å². The van der Waals surface area contributed by atoms with Crippen LogP contribution in [0.1, 0.15) is 22.7 Å². The Kier molecular flexibility index (Phi) is 3.99. The van der Waals surface area contributed by atoms with E-state index in [2.05, 4.69) is 5.32 Å². The van der Waals surface area contributed by atoms with Crippen LogP contribution in [0.2, 0.25) is 0 Å². The normalized spacial score (nSPS) is 18.0. The molecule has 0 aliphatic carbocycles. The molecule has 2 aromatic carbocycles. The highest BCUT2D eigenvalue weighted by molar-refractivity contribution is 5.83. The van der Waals surface area contributed by atoms with Crippen LogP contribution >= 0.6 is 0 Å². The number of hydrogen-bond donors (Lipinski definition) is 2. The average molecular weight is 282 g/mol. The Hall–Kier alpha value is -2.17. The lowest BCUT2D eigenvalue weighted by molar-refractivity contribution is -0.159. The summed E-state index contributed by atoms with van der Waals surface area (Å²) in [6, 6.07) is 16.9. The lowest BCUT2D eigenvalue weighted by Crippen LogP contribution is -2.42. The SMILES string of the molecule is O=C(NCc1ccccc1)C1c2ccccc2CCN1O. The second-order valence-electron chi connectivity index (χ2n) is 5.22. The number of carbonyl (C=O) groups is 1. The van der Waals surface area contributed by atoms with Gasteiger partial charge in [-0.1, -0.05) is 54.6 Å². The maximum atomic E-state index is 12.4. The van der Waals surface area contributed by atoms with Crippen molar-refractivity contribution in [2.75, 3.05) is 6.54 Å². The van der Waals surface area contributed by atoms with Crippen LogP contribution in [0.5, 0.6) is 0 Å². The minimum Gasteiger partial charge on any atom is -0.350 e. The summed E-state index contributed by atoms with van der Waals surface area (Å²) in [6.07, 6.45) is 0.759. The Morgan fingerprint density at radius 3 is 2.67 bits per heavy atom. The molecule has 0 aromatic heterocycles. The molecular formula is C17H18N2O2. The molecule has 108 valence electrons. The van der Waals surface area contributed by atoms with Crippen molar-refractivity contribution in [2.45, 2.75) is 19.0 Å². The lowest BCUT2D eigenvalue weighted by atomic mass is 9.93. The molecule has 1 amide bonds. The van der Waals surface area contributed by atoms with Gasteiger partial charge >= 0.3 is 0 Å². The van der Waals surface area contributed by atoms with Crippen molar-refractivity contribution in [1.82, 2.24) is 10.4 Å². The van der Waals surface area contributed by atoms with E-state index in [9.17, 15) is 10.0 Å². The number of carbonyl (C=O) groups excluding carboxylic acids is 1. The molecule has 0 radical (unpaired) electrons. The van der Waals surface area contributed by atoms with Crippen LogP contribution in [0, 0.1) is 0 Å². The first-order valence-electron chi connectivity index (χ1n) is 7.10. The fourth-order valence-corrected chi connectivity index (χ4v) is 2.71. The third kappa shape index (κ3) is 2.96. The number of fused-ring (bicyclic) bond motifs is 1. The summed E-state index contributed by atoms with van der Waals surface area (Å²) >= 11 is 0. The number of benzene rings is 2. The minimum absolute atomic E-state index is 0.173. The molecule has 4 heteroatoms. The van der Waals surface area contributed by atoms with E-state index in [1.165, 1.54) is 0 Å². The molecule has 21 heavy (non-hydrogen) atoms. The molecule has 4 nitrogen and oxygen atoms in total. The first-order chi connectivity index (χ1) is 10.3. The summed E-state index contributed by atoms with van der Waals surface area (Å²) in [7, 11) is 0.